The summed E-state index contributed by atoms with van der Waals surface area (Å²) in [5, 5.41) is 3.04. The molecule has 2 aliphatic carbocycles. The zero-order valence-electron chi connectivity index (χ0n) is 14.0. The molecule has 2 amide bonds. The fourth-order valence-electron chi connectivity index (χ4n) is 4.16. The first-order valence-corrected chi connectivity index (χ1v) is 9.12. The highest BCUT2D eigenvalue weighted by Crippen LogP contribution is 2.52. The smallest absolute Gasteiger partial charge is 0.225 e. The van der Waals surface area contributed by atoms with Crippen LogP contribution in [0, 0.1) is 17.3 Å². The average molecular weight is 327 g/mol. The summed E-state index contributed by atoms with van der Waals surface area (Å²) in [6, 6.07) is 5.71. The van der Waals surface area contributed by atoms with Crippen LogP contribution in [-0.2, 0) is 16.1 Å². The fourth-order valence-corrected chi connectivity index (χ4v) is 4.16. The maximum atomic E-state index is 12.8. The highest BCUT2D eigenvalue weighted by molar-refractivity contribution is 5.83. The Labute approximate surface area is 142 Å². The Morgan fingerprint density at radius 1 is 1.29 bits per heavy atom. The van der Waals surface area contributed by atoms with Gasteiger partial charge in [0.15, 0.2) is 0 Å². The van der Waals surface area contributed by atoms with Crippen LogP contribution in [0.4, 0.5) is 0 Å². The van der Waals surface area contributed by atoms with Gasteiger partial charge in [0.05, 0.1) is 18.2 Å². The van der Waals surface area contributed by atoms with Crippen LogP contribution in [0.25, 0.3) is 0 Å². The van der Waals surface area contributed by atoms with E-state index in [0.717, 1.165) is 25.1 Å². The summed E-state index contributed by atoms with van der Waals surface area (Å²) in [4.78, 5) is 31.4. The summed E-state index contributed by atoms with van der Waals surface area (Å²) in [6.45, 7) is 1.84. The van der Waals surface area contributed by atoms with Crippen LogP contribution in [0.1, 0.15) is 44.2 Å². The first-order valence-electron chi connectivity index (χ1n) is 9.12. The van der Waals surface area contributed by atoms with E-state index in [-0.39, 0.29) is 23.1 Å². The van der Waals surface area contributed by atoms with E-state index in [1.54, 1.807) is 6.20 Å². The summed E-state index contributed by atoms with van der Waals surface area (Å²) in [7, 11) is 0. The first-order chi connectivity index (χ1) is 11.7. The summed E-state index contributed by atoms with van der Waals surface area (Å²) in [5.41, 5.74) is 0.904. The number of nitrogens with one attached hydrogen (secondary N) is 1. The Bertz CT molecular complexity index is 623. The van der Waals surface area contributed by atoms with Crippen molar-refractivity contribution in [1.82, 2.24) is 15.2 Å². The van der Waals surface area contributed by atoms with Gasteiger partial charge >= 0.3 is 0 Å². The van der Waals surface area contributed by atoms with Gasteiger partial charge in [-0.05, 0) is 43.7 Å². The molecule has 0 bridgehead atoms. The van der Waals surface area contributed by atoms with Crippen molar-refractivity contribution in [2.75, 3.05) is 13.1 Å². The van der Waals surface area contributed by atoms with Crippen LogP contribution in [0.2, 0.25) is 0 Å². The topological polar surface area (TPSA) is 62.3 Å². The maximum absolute atomic E-state index is 12.8. The number of hydrogen-bond donors (Lipinski definition) is 1. The number of carbonyl (C=O) groups excluding carboxylic acids is 2. The number of aromatic nitrogens is 1. The summed E-state index contributed by atoms with van der Waals surface area (Å²) >= 11 is 0. The molecule has 2 saturated carbocycles. The largest absolute Gasteiger partial charge is 0.350 e. The molecular formula is C19H25N3O2. The van der Waals surface area contributed by atoms with E-state index in [9.17, 15) is 9.59 Å². The van der Waals surface area contributed by atoms with E-state index in [4.69, 9.17) is 0 Å². The normalized spacial score (nSPS) is 24.7. The molecule has 0 radical (unpaired) electrons. The zero-order valence-corrected chi connectivity index (χ0v) is 14.0. The number of nitrogens with zero attached hydrogens (tertiary/aromatic N) is 2. The monoisotopic (exact) mass is 327 g/mol. The quantitative estimate of drug-likeness (QED) is 0.901. The summed E-state index contributed by atoms with van der Waals surface area (Å²) in [6.07, 6.45) is 8.12. The second-order valence-electron chi connectivity index (χ2n) is 7.73. The van der Waals surface area contributed by atoms with Crippen molar-refractivity contribution in [3.8, 4) is 0 Å². The Hall–Kier alpha value is -1.91. The molecule has 1 N–H and O–H groups in total. The van der Waals surface area contributed by atoms with Crippen LogP contribution in [0.15, 0.2) is 24.4 Å². The molecule has 1 aromatic heterocycles. The Balaban J connectivity index is 1.38. The van der Waals surface area contributed by atoms with E-state index < -0.39 is 0 Å². The van der Waals surface area contributed by atoms with Crippen LogP contribution < -0.4 is 5.32 Å². The van der Waals surface area contributed by atoms with Crippen LogP contribution in [0.3, 0.4) is 0 Å². The molecule has 5 heteroatoms. The van der Waals surface area contributed by atoms with Crippen LogP contribution in [0.5, 0.6) is 0 Å². The molecule has 24 heavy (non-hydrogen) atoms. The molecule has 1 aromatic rings. The highest BCUT2D eigenvalue weighted by Gasteiger charge is 2.54. The van der Waals surface area contributed by atoms with Gasteiger partial charge < -0.3 is 10.2 Å². The SMILES string of the molecule is O=C(NCc1ccccn1)C1CN(C(=O)CC2CC2)CC12CCC2. The second-order valence-corrected chi connectivity index (χ2v) is 7.73. The van der Waals surface area contributed by atoms with Gasteiger partial charge in [-0.1, -0.05) is 12.5 Å². The van der Waals surface area contributed by atoms with E-state index >= 15 is 0 Å². The van der Waals surface area contributed by atoms with Gasteiger partial charge in [-0.15, -0.1) is 0 Å². The number of pyridine rings is 1. The van der Waals surface area contributed by atoms with Crippen molar-refractivity contribution < 1.29 is 9.59 Å². The Morgan fingerprint density at radius 2 is 2.12 bits per heavy atom. The highest BCUT2D eigenvalue weighted by atomic mass is 16.2. The predicted molar refractivity (Wildman–Crippen MR) is 89.8 cm³/mol. The molecule has 1 spiro atoms. The van der Waals surface area contributed by atoms with Crippen molar-refractivity contribution in [3.05, 3.63) is 30.1 Å². The molecule has 3 fully saturated rings. The Kier molecular flexibility index (Phi) is 4.02. The molecule has 1 unspecified atom stereocenters. The molecule has 128 valence electrons. The lowest BCUT2D eigenvalue weighted by Crippen LogP contribution is -2.45. The maximum Gasteiger partial charge on any atom is 0.225 e. The van der Waals surface area contributed by atoms with Gasteiger partial charge in [-0.25, -0.2) is 0 Å². The third-order valence-electron chi connectivity index (χ3n) is 6.00. The number of likely N-dealkylation sites (tertiary alicyclic amines) is 1. The van der Waals surface area contributed by atoms with Crippen LogP contribution in [-0.4, -0.2) is 34.8 Å². The van der Waals surface area contributed by atoms with Gasteiger partial charge in [0.2, 0.25) is 11.8 Å². The molecule has 0 aromatic carbocycles. The first kappa shape index (κ1) is 15.6. The van der Waals surface area contributed by atoms with Gasteiger partial charge in [-0.2, -0.15) is 0 Å². The summed E-state index contributed by atoms with van der Waals surface area (Å²) < 4.78 is 0. The third kappa shape index (κ3) is 3.04. The van der Waals surface area contributed by atoms with Crippen molar-refractivity contribution >= 4 is 11.8 Å². The number of hydrogen-bond acceptors (Lipinski definition) is 3. The van der Waals surface area contributed by atoms with E-state index in [1.165, 1.54) is 19.3 Å². The van der Waals surface area contributed by atoms with Gasteiger partial charge in [0, 0.05) is 31.1 Å². The van der Waals surface area contributed by atoms with Crippen molar-refractivity contribution in [2.45, 2.75) is 45.1 Å². The van der Waals surface area contributed by atoms with Crippen molar-refractivity contribution in [3.63, 3.8) is 0 Å². The lowest BCUT2D eigenvalue weighted by Gasteiger charge is -2.41. The lowest BCUT2D eigenvalue weighted by atomic mass is 9.62. The number of amides is 2. The van der Waals surface area contributed by atoms with E-state index in [1.807, 2.05) is 23.1 Å². The molecule has 4 rings (SSSR count). The second kappa shape index (κ2) is 6.19. The van der Waals surface area contributed by atoms with Gasteiger partial charge in [0.1, 0.15) is 0 Å². The summed E-state index contributed by atoms with van der Waals surface area (Å²) in [5.74, 6) is 0.885. The molecule has 3 aliphatic rings. The molecule has 1 saturated heterocycles. The minimum atomic E-state index is -0.0573. The number of rotatable bonds is 5. The third-order valence-corrected chi connectivity index (χ3v) is 6.00. The van der Waals surface area contributed by atoms with Crippen LogP contribution >= 0.6 is 0 Å². The Morgan fingerprint density at radius 3 is 2.75 bits per heavy atom. The van der Waals surface area contributed by atoms with Gasteiger partial charge in [-0.3, -0.25) is 14.6 Å². The van der Waals surface area contributed by atoms with Crippen molar-refractivity contribution in [1.29, 1.82) is 0 Å². The van der Waals surface area contributed by atoms with E-state index in [2.05, 4.69) is 10.3 Å². The van der Waals surface area contributed by atoms with Crippen molar-refractivity contribution in [2.24, 2.45) is 17.3 Å². The lowest BCUT2D eigenvalue weighted by molar-refractivity contribution is -0.131. The molecule has 1 atom stereocenters. The predicted octanol–water partition coefficient (Wildman–Crippen LogP) is 2.13. The molecule has 5 nitrogen and oxygen atoms in total. The average Bonchev–Trinajstić information content (AvgIpc) is 3.27. The standard InChI is InChI=1S/C19H25N3O2/c23-17(10-14-5-6-14)22-12-16(19(13-22)7-3-8-19)18(24)21-11-15-4-1-2-9-20-15/h1-2,4,9,14,16H,3,5-8,10-13H2,(H,21,24). The minimum Gasteiger partial charge on any atom is -0.350 e. The van der Waals surface area contributed by atoms with Gasteiger partial charge in [0.25, 0.3) is 0 Å². The molecule has 2 heterocycles. The van der Waals surface area contributed by atoms with E-state index in [0.29, 0.717) is 25.4 Å². The number of carbonyl (C=O) groups is 2. The molecule has 1 aliphatic heterocycles. The zero-order chi connectivity index (χ0) is 16.6. The minimum absolute atomic E-state index is 0.0351. The molecular weight excluding hydrogens is 302 g/mol. The fraction of sp³-hybridized carbons (Fsp3) is 0.632.